The number of nitrogens with zero attached hydrogens (tertiary/aromatic N) is 5. The number of hydrogen-bond donors (Lipinski definition) is 3. The summed E-state index contributed by atoms with van der Waals surface area (Å²) in [7, 11) is 1.63. The van der Waals surface area contributed by atoms with Gasteiger partial charge >= 0.3 is 12.2 Å². The second-order valence-electron chi connectivity index (χ2n) is 8.20. The zero-order valence-corrected chi connectivity index (χ0v) is 18.2. The van der Waals surface area contributed by atoms with Gasteiger partial charge in [0, 0.05) is 25.5 Å². The molecule has 4 heterocycles. The van der Waals surface area contributed by atoms with E-state index in [4.69, 9.17) is 10.5 Å². The number of hydrogen-bond acceptors (Lipinski definition) is 8. The SMILES string of the molecule is CNc1cc(F)cc2c1[nH]c1nc(Oc3cnc(C)nc3)nc(N3CCC(N)(C(F)(F)F)C3)c12. The lowest BCUT2D eigenvalue weighted by Crippen LogP contribution is -2.55. The molecule has 0 aliphatic carbocycles. The van der Waals surface area contributed by atoms with Gasteiger partial charge in [0.1, 0.15) is 28.6 Å². The van der Waals surface area contributed by atoms with E-state index in [1.54, 1.807) is 14.0 Å². The van der Waals surface area contributed by atoms with Gasteiger partial charge in [-0.15, -0.1) is 0 Å². The van der Waals surface area contributed by atoms with Crippen LogP contribution in [-0.2, 0) is 0 Å². The topological polar surface area (TPSA) is 118 Å². The fourth-order valence-electron chi connectivity index (χ4n) is 4.08. The maximum absolute atomic E-state index is 14.4. The van der Waals surface area contributed by atoms with E-state index in [0.29, 0.717) is 27.8 Å². The van der Waals surface area contributed by atoms with Crippen LogP contribution in [0.15, 0.2) is 24.5 Å². The third-order valence-electron chi connectivity index (χ3n) is 5.89. The summed E-state index contributed by atoms with van der Waals surface area (Å²) < 4.78 is 60.9. The number of benzene rings is 1. The predicted octanol–water partition coefficient (Wildman–Crippen LogP) is 3.65. The van der Waals surface area contributed by atoms with Crippen molar-refractivity contribution in [1.82, 2.24) is 24.9 Å². The number of aromatic amines is 1. The molecule has 0 spiro atoms. The Morgan fingerprint density at radius 2 is 1.94 bits per heavy atom. The molecule has 1 aromatic carbocycles. The van der Waals surface area contributed by atoms with Crippen molar-refractivity contribution in [2.75, 3.05) is 30.4 Å². The smallest absolute Gasteiger partial charge is 0.408 e. The van der Waals surface area contributed by atoms with Gasteiger partial charge in [-0.05, 0) is 25.5 Å². The molecule has 4 aromatic rings. The average molecular weight is 476 g/mol. The van der Waals surface area contributed by atoms with Crippen LogP contribution in [0.5, 0.6) is 11.8 Å². The minimum absolute atomic E-state index is 0.00389. The van der Waals surface area contributed by atoms with Crippen LogP contribution in [-0.4, -0.2) is 56.8 Å². The van der Waals surface area contributed by atoms with Crippen molar-refractivity contribution >= 4 is 33.4 Å². The van der Waals surface area contributed by atoms with Crippen LogP contribution >= 0.6 is 0 Å². The molecule has 1 unspecified atom stereocenters. The number of nitrogens with one attached hydrogen (secondary N) is 2. The highest BCUT2D eigenvalue weighted by atomic mass is 19.4. The zero-order valence-electron chi connectivity index (χ0n) is 18.2. The number of rotatable bonds is 4. The van der Waals surface area contributed by atoms with Crippen molar-refractivity contribution < 1.29 is 22.3 Å². The third-order valence-corrected chi connectivity index (χ3v) is 5.89. The van der Waals surface area contributed by atoms with E-state index in [2.05, 4.69) is 30.2 Å². The molecule has 1 fully saturated rings. The monoisotopic (exact) mass is 476 g/mol. The minimum Gasteiger partial charge on any atom is -0.421 e. The van der Waals surface area contributed by atoms with E-state index in [-0.39, 0.29) is 36.2 Å². The van der Waals surface area contributed by atoms with Gasteiger partial charge in [0.25, 0.3) is 0 Å². The van der Waals surface area contributed by atoms with Crippen molar-refractivity contribution in [3.05, 3.63) is 36.2 Å². The quantitative estimate of drug-likeness (QED) is 0.382. The molecule has 1 saturated heterocycles. The first-order valence-electron chi connectivity index (χ1n) is 10.4. The zero-order chi connectivity index (χ0) is 24.3. The van der Waals surface area contributed by atoms with Crippen LogP contribution < -0.4 is 20.7 Å². The number of anilines is 2. The molecular formula is C21H20F4N8O. The largest absolute Gasteiger partial charge is 0.421 e. The number of aromatic nitrogens is 5. The molecule has 1 atom stereocenters. The Kier molecular flexibility index (Phi) is 4.97. The number of fused-ring (bicyclic) bond motifs is 3. The van der Waals surface area contributed by atoms with Gasteiger partial charge in [-0.1, -0.05) is 0 Å². The lowest BCUT2D eigenvalue weighted by Gasteiger charge is -2.27. The molecule has 0 radical (unpaired) electrons. The number of halogens is 4. The van der Waals surface area contributed by atoms with E-state index in [0.717, 1.165) is 0 Å². The molecule has 1 aliphatic rings. The Bertz CT molecular complexity index is 1390. The summed E-state index contributed by atoms with van der Waals surface area (Å²) in [4.78, 5) is 21.4. The van der Waals surface area contributed by atoms with Crippen molar-refractivity contribution in [3.8, 4) is 11.8 Å². The molecule has 0 saturated carbocycles. The molecular weight excluding hydrogens is 456 g/mol. The first-order valence-corrected chi connectivity index (χ1v) is 10.4. The summed E-state index contributed by atoms with van der Waals surface area (Å²) in [5.74, 6) is 0.415. The standard InChI is InChI=1S/C21H20F4N8O/c1-10-28-7-12(8-29-10)34-19-31-17-15(13-5-11(22)6-14(27-2)16(13)30-17)18(32-19)33-4-3-20(26,9-33)21(23,24)25/h5-8,27H,3-4,9,26H2,1-2H3,(H,30,31,32). The van der Waals surface area contributed by atoms with Gasteiger partial charge < -0.3 is 25.7 Å². The van der Waals surface area contributed by atoms with Gasteiger partial charge in [0.2, 0.25) is 0 Å². The first-order chi connectivity index (χ1) is 16.1. The molecule has 9 nitrogen and oxygen atoms in total. The lowest BCUT2D eigenvalue weighted by atomic mass is 10.00. The molecule has 4 N–H and O–H groups in total. The highest BCUT2D eigenvalue weighted by Crippen LogP contribution is 2.42. The average Bonchev–Trinajstić information content (AvgIpc) is 3.36. The summed E-state index contributed by atoms with van der Waals surface area (Å²) in [6.07, 6.45) is -2.06. The van der Waals surface area contributed by atoms with Crippen LogP contribution in [0.2, 0.25) is 0 Å². The number of aryl methyl sites for hydroxylation is 1. The number of nitrogens with two attached hydrogens (primary N) is 1. The summed E-state index contributed by atoms with van der Waals surface area (Å²) in [5.41, 5.74) is 4.56. The van der Waals surface area contributed by atoms with Crippen molar-refractivity contribution in [1.29, 1.82) is 0 Å². The van der Waals surface area contributed by atoms with E-state index < -0.39 is 24.1 Å². The summed E-state index contributed by atoms with van der Waals surface area (Å²) >= 11 is 0. The summed E-state index contributed by atoms with van der Waals surface area (Å²) in [5, 5.41) is 3.69. The van der Waals surface area contributed by atoms with E-state index in [1.807, 2.05) is 0 Å². The van der Waals surface area contributed by atoms with Gasteiger partial charge in [0.05, 0.1) is 29.0 Å². The number of ether oxygens (including phenoxy) is 1. The number of alkyl halides is 3. The van der Waals surface area contributed by atoms with Crippen LogP contribution in [0, 0.1) is 12.7 Å². The van der Waals surface area contributed by atoms with E-state index in [9.17, 15) is 17.6 Å². The van der Waals surface area contributed by atoms with Gasteiger partial charge in [0.15, 0.2) is 5.75 Å². The molecule has 0 amide bonds. The Labute approximate surface area is 190 Å². The second kappa shape index (κ2) is 7.65. The predicted molar refractivity (Wildman–Crippen MR) is 118 cm³/mol. The fourth-order valence-corrected chi connectivity index (χ4v) is 4.08. The second-order valence-corrected chi connectivity index (χ2v) is 8.20. The van der Waals surface area contributed by atoms with Crippen LogP contribution in [0.4, 0.5) is 29.1 Å². The third kappa shape index (κ3) is 3.61. The molecule has 0 bridgehead atoms. The Morgan fingerprint density at radius 1 is 1.21 bits per heavy atom. The van der Waals surface area contributed by atoms with Crippen LogP contribution in [0.25, 0.3) is 21.9 Å². The Morgan fingerprint density at radius 3 is 2.59 bits per heavy atom. The molecule has 3 aromatic heterocycles. The minimum atomic E-state index is -4.60. The van der Waals surface area contributed by atoms with Crippen LogP contribution in [0.1, 0.15) is 12.2 Å². The summed E-state index contributed by atoms with van der Waals surface area (Å²) in [6, 6.07) is 2.46. The highest BCUT2D eigenvalue weighted by molar-refractivity contribution is 6.14. The maximum atomic E-state index is 14.4. The first kappa shape index (κ1) is 22.1. The van der Waals surface area contributed by atoms with Gasteiger partial charge in [-0.2, -0.15) is 23.1 Å². The Hall–Kier alpha value is -3.74. The van der Waals surface area contributed by atoms with Gasteiger partial charge in [-0.25, -0.2) is 14.4 Å². The lowest BCUT2D eigenvalue weighted by molar-refractivity contribution is -0.179. The highest BCUT2D eigenvalue weighted by Gasteiger charge is 2.55. The van der Waals surface area contributed by atoms with Crippen molar-refractivity contribution in [3.63, 3.8) is 0 Å². The molecule has 5 rings (SSSR count). The van der Waals surface area contributed by atoms with E-state index in [1.165, 1.54) is 29.4 Å². The number of H-pyrrole nitrogens is 1. The van der Waals surface area contributed by atoms with E-state index >= 15 is 0 Å². The van der Waals surface area contributed by atoms with Crippen LogP contribution in [0.3, 0.4) is 0 Å². The maximum Gasteiger partial charge on any atom is 0.408 e. The van der Waals surface area contributed by atoms with Gasteiger partial charge in [-0.3, -0.25) is 0 Å². The Balaban J connectivity index is 1.69. The van der Waals surface area contributed by atoms with Crippen molar-refractivity contribution in [2.45, 2.75) is 25.1 Å². The molecule has 34 heavy (non-hydrogen) atoms. The summed E-state index contributed by atoms with van der Waals surface area (Å²) in [6.45, 7) is 1.19. The molecule has 13 heteroatoms. The fraction of sp³-hybridized carbons (Fsp3) is 0.333. The molecule has 178 valence electrons. The molecule has 1 aliphatic heterocycles. The van der Waals surface area contributed by atoms with Crippen molar-refractivity contribution in [2.24, 2.45) is 5.73 Å². The normalized spacial score (nSPS) is 18.7.